The van der Waals surface area contributed by atoms with Crippen molar-refractivity contribution in [1.82, 2.24) is 10.6 Å². The van der Waals surface area contributed by atoms with E-state index in [1.54, 1.807) is 6.07 Å². The van der Waals surface area contributed by atoms with E-state index < -0.39 is 0 Å². The number of nitrogens with one attached hydrogen (secondary N) is 3. The van der Waals surface area contributed by atoms with E-state index in [1.165, 1.54) is 24.2 Å². The molecule has 1 aliphatic rings. The number of halogens is 2. The van der Waals surface area contributed by atoms with Gasteiger partial charge in [-0.15, -0.1) is 0 Å². The van der Waals surface area contributed by atoms with Gasteiger partial charge in [-0.1, -0.05) is 29.4 Å². The molecule has 150 valence electrons. The number of amidine groups is 1. The van der Waals surface area contributed by atoms with Crippen LogP contribution in [0, 0.1) is 5.82 Å². The number of hydrogen-bond donors (Lipinski definition) is 4. The molecule has 0 bridgehead atoms. The van der Waals surface area contributed by atoms with E-state index in [-0.39, 0.29) is 5.82 Å². The minimum atomic E-state index is -0.366. The standard InChI is InChI=1S/C18H27ClFN5S2/c1-2-9-26-18(21)25-27-17-10-14(19)16(11-15(17)20)24-7-4-3-6-23-13-5-8-22-12-13/h2,9-11,13,22-24H,3-8,12H2,1H3,(H2,21,25)/b9-2-/t13-/m1/s1. The number of allylic oxidation sites excluding steroid dienone is 1. The summed E-state index contributed by atoms with van der Waals surface area (Å²) < 4.78 is 18.4. The monoisotopic (exact) mass is 431 g/mol. The SMILES string of the molecule is C/C=C\SC(N)=NSc1cc(Cl)c(NCCCCN[C@@H]2CCNC2)cc1F. The number of hydrogen-bond acceptors (Lipinski definition) is 6. The highest BCUT2D eigenvalue weighted by molar-refractivity contribution is 8.17. The van der Waals surface area contributed by atoms with Crippen LogP contribution in [-0.4, -0.2) is 37.4 Å². The number of unbranched alkanes of at least 4 members (excludes halogenated alkanes) is 1. The van der Waals surface area contributed by atoms with Gasteiger partial charge in [0.2, 0.25) is 0 Å². The van der Waals surface area contributed by atoms with Gasteiger partial charge in [0.25, 0.3) is 0 Å². The van der Waals surface area contributed by atoms with E-state index in [1.807, 2.05) is 18.4 Å². The molecule has 5 nitrogen and oxygen atoms in total. The Morgan fingerprint density at radius 2 is 2.26 bits per heavy atom. The molecule has 0 spiro atoms. The third-order valence-electron chi connectivity index (χ3n) is 3.99. The first-order valence-corrected chi connectivity index (χ1v) is 11.1. The number of rotatable bonds is 10. The number of thioether (sulfide) groups is 1. The molecule has 1 aliphatic heterocycles. The van der Waals surface area contributed by atoms with E-state index in [2.05, 4.69) is 20.3 Å². The van der Waals surface area contributed by atoms with Gasteiger partial charge in [-0.2, -0.15) is 4.40 Å². The first-order chi connectivity index (χ1) is 13.1. The second kappa shape index (κ2) is 12.5. The van der Waals surface area contributed by atoms with E-state index in [0.717, 1.165) is 51.0 Å². The highest BCUT2D eigenvalue weighted by Crippen LogP contribution is 2.32. The summed E-state index contributed by atoms with van der Waals surface area (Å²) in [6.45, 7) is 5.80. The quantitative estimate of drug-likeness (QED) is 0.192. The zero-order chi connectivity index (χ0) is 19.5. The molecule has 0 unspecified atom stereocenters. The summed E-state index contributed by atoms with van der Waals surface area (Å²) in [6.07, 6.45) is 5.11. The van der Waals surface area contributed by atoms with Crippen molar-refractivity contribution in [2.24, 2.45) is 10.1 Å². The van der Waals surface area contributed by atoms with Crippen molar-refractivity contribution in [3.05, 3.63) is 34.5 Å². The highest BCUT2D eigenvalue weighted by atomic mass is 35.5. The van der Waals surface area contributed by atoms with Crippen molar-refractivity contribution in [3.8, 4) is 0 Å². The third-order valence-corrected chi connectivity index (χ3v) is 5.96. The van der Waals surface area contributed by atoms with Crippen LogP contribution in [0.25, 0.3) is 0 Å². The Morgan fingerprint density at radius 1 is 1.44 bits per heavy atom. The van der Waals surface area contributed by atoms with Gasteiger partial charge >= 0.3 is 0 Å². The van der Waals surface area contributed by atoms with Crippen molar-refractivity contribution in [2.75, 3.05) is 31.5 Å². The Labute approximate surface area is 174 Å². The van der Waals surface area contributed by atoms with Crippen molar-refractivity contribution < 1.29 is 4.39 Å². The average molecular weight is 432 g/mol. The summed E-state index contributed by atoms with van der Waals surface area (Å²) in [6, 6.07) is 3.59. The summed E-state index contributed by atoms with van der Waals surface area (Å²) in [5.74, 6) is -0.366. The van der Waals surface area contributed by atoms with Crippen LogP contribution >= 0.6 is 35.3 Å². The molecule has 1 saturated heterocycles. The van der Waals surface area contributed by atoms with Crippen molar-refractivity contribution in [1.29, 1.82) is 0 Å². The summed E-state index contributed by atoms with van der Waals surface area (Å²) in [7, 11) is 0. The third kappa shape index (κ3) is 8.31. The topological polar surface area (TPSA) is 74.5 Å². The first-order valence-electron chi connectivity index (χ1n) is 9.05. The average Bonchev–Trinajstić information content (AvgIpc) is 3.17. The number of anilines is 1. The molecule has 9 heteroatoms. The van der Waals surface area contributed by atoms with Gasteiger partial charge in [-0.3, -0.25) is 0 Å². The molecule has 0 amide bonds. The molecule has 0 aromatic heterocycles. The van der Waals surface area contributed by atoms with Gasteiger partial charge in [0.1, 0.15) is 5.82 Å². The normalized spacial score (nSPS) is 17.7. The number of nitrogens with zero attached hydrogens (tertiary/aromatic N) is 1. The maximum atomic E-state index is 14.3. The molecule has 1 fully saturated rings. The van der Waals surface area contributed by atoms with Gasteiger partial charge in [-0.25, -0.2) is 4.39 Å². The smallest absolute Gasteiger partial charge is 0.170 e. The fourth-order valence-corrected chi connectivity index (χ4v) is 3.96. The van der Waals surface area contributed by atoms with Crippen LogP contribution in [0.1, 0.15) is 26.2 Å². The molecule has 0 saturated carbocycles. The maximum absolute atomic E-state index is 14.3. The summed E-state index contributed by atoms with van der Waals surface area (Å²) in [5.41, 5.74) is 6.34. The lowest BCUT2D eigenvalue weighted by atomic mass is 10.2. The molecule has 2 rings (SSSR count). The molecule has 1 atom stereocenters. The lowest BCUT2D eigenvalue weighted by Crippen LogP contribution is -2.31. The Kier molecular flexibility index (Phi) is 10.4. The zero-order valence-electron chi connectivity index (χ0n) is 15.4. The van der Waals surface area contributed by atoms with Crippen LogP contribution in [0.5, 0.6) is 0 Å². The van der Waals surface area contributed by atoms with Gasteiger partial charge in [-0.05, 0) is 56.8 Å². The first kappa shape index (κ1) is 22.4. The number of nitrogens with two attached hydrogens (primary N) is 1. The summed E-state index contributed by atoms with van der Waals surface area (Å²) in [5, 5.41) is 12.7. The zero-order valence-corrected chi connectivity index (χ0v) is 17.8. The van der Waals surface area contributed by atoms with E-state index >= 15 is 0 Å². The fourth-order valence-electron chi connectivity index (χ4n) is 2.60. The molecule has 0 aliphatic carbocycles. The van der Waals surface area contributed by atoms with Crippen LogP contribution in [0.4, 0.5) is 10.1 Å². The summed E-state index contributed by atoms with van der Waals surface area (Å²) in [4.78, 5) is 0.351. The van der Waals surface area contributed by atoms with Gasteiger partial charge in [0, 0.05) is 31.1 Å². The molecular weight excluding hydrogens is 405 g/mol. The predicted octanol–water partition coefficient (Wildman–Crippen LogP) is 4.21. The Balaban J connectivity index is 1.74. The maximum Gasteiger partial charge on any atom is 0.170 e. The lowest BCUT2D eigenvalue weighted by molar-refractivity contribution is 0.530. The second-order valence-corrected chi connectivity index (χ2v) is 8.29. The fraction of sp³-hybridized carbons (Fsp3) is 0.500. The summed E-state index contributed by atoms with van der Waals surface area (Å²) >= 11 is 8.54. The molecule has 1 aromatic rings. The minimum absolute atomic E-state index is 0.351. The largest absolute Gasteiger partial charge is 0.384 e. The Bertz CT molecular complexity index is 651. The van der Waals surface area contributed by atoms with E-state index in [0.29, 0.717) is 26.8 Å². The van der Waals surface area contributed by atoms with Gasteiger partial charge in [0.15, 0.2) is 5.17 Å². The molecule has 27 heavy (non-hydrogen) atoms. The van der Waals surface area contributed by atoms with E-state index in [9.17, 15) is 4.39 Å². The van der Waals surface area contributed by atoms with E-state index in [4.69, 9.17) is 17.3 Å². The highest BCUT2D eigenvalue weighted by Gasteiger charge is 2.12. The van der Waals surface area contributed by atoms with Crippen LogP contribution in [0.3, 0.4) is 0 Å². The van der Waals surface area contributed by atoms with Crippen molar-refractivity contribution in [2.45, 2.75) is 37.1 Å². The van der Waals surface area contributed by atoms with Crippen LogP contribution in [0.2, 0.25) is 5.02 Å². The molecule has 0 radical (unpaired) electrons. The van der Waals surface area contributed by atoms with Crippen LogP contribution in [0.15, 0.2) is 32.9 Å². The van der Waals surface area contributed by atoms with Crippen LogP contribution in [-0.2, 0) is 0 Å². The number of benzene rings is 1. The van der Waals surface area contributed by atoms with Crippen molar-refractivity contribution >= 4 is 46.2 Å². The molecule has 1 aromatic carbocycles. The molecular formula is C18H27ClFN5S2. The Morgan fingerprint density at radius 3 is 3.00 bits per heavy atom. The molecule has 5 N–H and O–H groups in total. The molecule has 1 heterocycles. The second-order valence-electron chi connectivity index (χ2n) is 6.15. The van der Waals surface area contributed by atoms with Gasteiger partial charge in [0.05, 0.1) is 15.6 Å². The van der Waals surface area contributed by atoms with Crippen molar-refractivity contribution in [3.63, 3.8) is 0 Å². The lowest BCUT2D eigenvalue weighted by Gasteiger charge is -2.12. The Hall–Kier alpha value is -0.930. The minimum Gasteiger partial charge on any atom is -0.384 e. The van der Waals surface area contributed by atoms with Crippen LogP contribution < -0.4 is 21.7 Å². The van der Waals surface area contributed by atoms with Gasteiger partial charge < -0.3 is 21.7 Å². The predicted molar refractivity (Wildman–Crippen MR) is 118 cm³/mol.